The molecule has 12 N–H and O–H groups in total. The first-order chi connectivity index (χ1) is 17.3. The highest BCUT2D eigenvalue weighted by atomic mass is 16.4. The van der Waals surface area contributed by atoms with E-state index >= 15 is 0 Å². The van der Waals surface area contributed by atoms with Gasteiger partial charge in [0, 0.05) is 13.0 Å². The third kappa shape index (κ3) is 11.7. The van der Waals surface area contributed by atoms with Gasteiger partial charge in [0.2, 0.25) is 17.7 Å². The molecule has 0 radical (unpaired) electrons. The number of amides is 3. The Morgan fingerprint density at radius 3 is 2.05 bits per heavy atom. The summed E-state index contributed by atoms with van der Waals surface area (Å²) in [4.78, 5) is 64.2. The van der Waals surface area contributed by atoms with E-state index in [9.17, 15) is 34.2 Å². The lowest BCUT2D eigenvalue weighted by Gasteiger charge is -2.23. The van der Waals surface area contributed by atoms with Crippen LogP contribution in [0.1, 0.15) is 31.7 Å². The Morgan fingerprint density at radius 2 is 1.51 bits per heavy atom. The molecule has 0 spiro atoms. The molecule has 0 saturated heterocycles. The Labute approximate surface area is 212 Å². The van der Waals surface area contributed by atoms with Gasteiger partial charge in [0.15, 0.2) is 5.96 Å². The minimum atomic E-state index is -1.63. The highest BCUT2D eigenvalue weighted by molar-refractivity contribution is 5.95. The van der Waals surface area contributed by atoms with Crippen LogP contribution in [-0.4, -0.2) is 81.7 Å². The van der Waals surface area contributed by atoms with Crippen LogP contribution in [0.4, 0.5) is 0 Å². The van der Waals surface area contributed by atoms with Crippen molar-refractivity contribution in [3.05, 3.63) is 29.8 Å². The van der Waals surface area contributed by atoms with Crippen LogP contribution in [0, 0.1) is 0 Å². The van der Waals surface area contributed by atoms with Gasteiger partial charge in [-0.25, -0.2) is 4.79 Å². The summed E-state index contributed by atoms with van der Waals surface area (Å²) < 4.78 is 0. The first kappa shape index (κ1) is 30.6. The molecule has 0 bridgehead atoms. The number of nitrogens with two attached hydrogens (primary N) is 3. The third-order valence-corrected chi connectivity index (χ3v) is 5.06. The Hall–Kier alpha value is -4.40. The maximum atomic E-state index is 12.7. The number of aliphatic carboxylic acids is 2. The largest absolute Gasteiger partial charge is 0.508 e. The van der Waals surface area contributed by atoms with Crippen molar-refractivity contribution in [1.82, 2.24) is 16.0 Å². The predicted molar refractivity (Wildman–Crippen MR) is 131 cm³/mol. The average Bonchev–Trinajstić information content (AvgIpc) is 2.81. The molecule has 3 amide bonds. The zero-order chi connectivity index (χ0) is 28.1. The zero-order valence-electron chi connectivity index (χ0n) is 20.2. The Bertz CT molecular complexity index is 995. The van der Waals surface area contributed by atoms with Crippen LogP contribution in [0.2, 0.25) is 0 Å². The molecule has 0 fully saturated rings. The zero-order valence-corrected chi connectivity index (χ0v) is 20.2. The van der Waals surface area contributed by atoms with E-state index in [2.05, 4.69) is 20.9 Å². The molecule has 0 aliphatic carbocycles. The van der Waals surface area contributed by atoms with Crippen molar-refractivity contribution in [2.75, 3.05) is 6.54 Å². The smallest absolute Gasteiger partial charge is 0.326 e. The molecule has 0 aromatic heterocycles. The van der Waals surface area contributed by atoms with Crippen LogP contribution in [0.25, 0.3) is 0 Å². The van der Waals surface area contributed by atoms with E-state index in [1.165, 1.54) is 31.2 Å². The molecule has 4 unspecified atom stereocenters. The van der Waals surface area contributed by atoms with Crippen LogP contribution in [-0.2, 0) is 30.4 Å². The number of hydrogen-bond acceptors (Lipinski definition) is 8. The minimum absolute atomic E-state index is 0.0306. The van der Waals surface area contributed by atoms with Gasteiger partial charge >= 0.3 is 11.9 Å². The average molecular weight is 524 g/mol. The van der Waals surface area contributed by atoms with Gasteiger partial charge in [-0.05, 0) is 37.5 Å². The number of carbonyl (C=O) groups excluding carboxylic acids is 3. The molecule has 15 nitrogen and oxygen atoms in total. The van der Waals surface area contributed by atoms with Crippen molar-refractivity contribution in [3.63, 3.8) is 0 Å². The van der Waals surface area contributed by atoms with Crippen LogP contribution in [0.15, 0.2) is 29.3 Å². The number of carboxylic acids is 2. The predicted octanol–water partition coefficient (Wildman–Crippen LogP) is -2.65. The van der Waals surface area contributed by atoms with Gasteiger partial charge < -0.3 is 48.5 Å². The molecule has 0 heterocycles. The molecule has 0 aliphatic heterocycles. The van der Waals surface area contributed by atoms with Crippen molar-refractivity contribution in [3.8, 4) is 5.75 Å². The number of nitrogens with zero attached hydrogens (tertiary/aromatic N) is 1. The number of benzene rings is 1. The molecule has 1 aromatic carbocycles. The van der Waals surface area contributed by atoms with Crippen LogP contribution in [0.5, 0.6) is 5.75 Å². The Morgan fingerprint density at radius 1 is 0.919 bits per heavy atom. The molecule has 204 valence electrons. The van der Waals surface area contributed by atoms with E-state index in [0.717, 1.165) is 0 Å². The monoisotopic (exact) mass is 523 g/mol. The topological polar surface area (TPSA) is 273 Å². The summed E-state index contributed by atoms with van der Waals surface area (Å²) >= 11 is 0. The number of phenolic OH excluding ortho intramolecular Hbond substituents is 1. The van der Waals surface area contributed by atoms with E-state index in [-0.39, 0.29) is 31.1 Å². The lowest BCUT2D eigenvalue weighted by atomic mass is 10.0. The van der Waals surface area contributed by atoms with E-state index in [1.807, 2.05) is 0 Å². The molecule has 4 atom stereocenters. The molecule has 1 aromatic rings. The minimum Gasteiger partial charge on any atom is -0.508 e. The maximum Gasteiger partial charge on any atom is 0.326 e. The lowest BCUT2D eigenvalue weighted by molar-refractivity contribution is -0.143. The summed E-state index contributed by atoms with van der Waals surface area (Å²) in [5.74, 6) is -5.53. The summed E-state index contributed by atoms with van der Waals surface area (Å²) in [6.45, 7) is 1.56. The lowest BCUT2D eigenvalue weighted by Crippen LogP contribution is -2.57. The van der Waals surface area contributed by atoms with Gasteiger partial charge in [-0.15, -0.1) is 0 Å². The second kappa shape index (κ2) is 14.9. The third-order valence-electron chi connectivity index (χ3n) is 5.06. The molecule has 1 rings (SSSR count). The van der Waals surface area contributed by atoms with Crippen molar-refractivity contribution in [2.45, 2.75) is 56.8 Å². The van der Waals surface area contributed by atoms with E-state index in [1.54, 1.807) is 0 Å². The van der Waals surface area contributed by atoms with E-state index in [4.69, 9.17) is 22.3 Å². The quantitative estimate of drug-likeness (QED) is 0.0650. The molecular weight excluding hydrogens is 490 g/mol. The fourth-order valence-corrected chi connectivity index (χ4v) is 3.06. The number of aromatic hydroxyl groups is 1. The number of rotatable bonds is 15. The van der Waals surface area contributed by atoms with Crippen molar-refractivity contribution < 1.29 is 39.3 Å². The summed E-state index contributed by atoms with van der Waals surface area (Å²) in [5, 5.41) is 34.8. The summed E-state index contributed by atoms with van der Waals surface area (Å²) in [7, 11) is 0. The molecular formula is C22H33N7O8. The molecule has 0 saturated carbocycles. The number of aliphatic imine (C=N–C) groups is 1. The first-order valence-electron chi connectivity index (χ1n) is 11.2. The Kier molecular flexibility index (Phi) is 12.3. The van der Waals surface area contributed by atoms with Crippen LogP contribution in [0.3, 0.4) is 0 Å². The van der Waals surface area contributed by atoms with Crippen molar-refractivity contribution in [2.24, 2.45) is 22.2 Å². The van der Waals surface area contributed by atoms with Crippen LogP contribution < -0.4 is 33.2 Å². The normalized spacial score (nSPS) is 13.8. The van der Waals surface area contributed by atoms with Crippen LogP contribution >= 0.6 is 0 Å². The Balaban J connectivity index is 2.77. The fraction of sp³-hybridized carbons (Fsp3) is 0.455. The highest BCUT2D eigenvalue weighted by Crippen LogP contribution is 2.12. The number of hydrogen-bond donors (Lipinski definition) is 9. The van der Waals surface area contributed by atoms with Gasteiger partial charge in [-0.1, -0.05) is 12.1 Å². The summed E-state index contributed by atoms with van der Waals surface area (Å²) in [6.07, 6.45) is -0.377. The van der Waals surface area contributed by atoms with Gasteiger partial charge in [0.1, 0.15) is 23.9 Å². The van der Waals surface area contributed by atoms with Gasteiger partial charge in [0.05, 0.1) is 12.5 Å². The number of guanidine groups is 1. The first-order valence-corrected chi connectivity index (χ1v) is 11.2. The van der Waals surface area contributed by atoms with Gasteiger partial charge in [0.25, 0.3) is 0 Å². The number of carboxylic acid groups (broad SMARTS) is 2. The summed E-state index contributed by atoms with van der Waals surface area (Å²) in [5.41, 5.74) is 16.7. The highest BCUT2D eigenvalue weighted by Gasteiger charge is 2.30. The number of nitrogens with one attached hydrogen (secondary N) is 3. The number of carbonyl (C=O) groups is 5. The van der Waals surface area contributed by atoms with Crippen molar-refractivity contribution in [1.29, 1.82) is 0 Å². The van der Waals surface area contributed by atoms with E-state index in [0.29, 0.717) is 12.0 Å². The summed E-state index contributed by atoms with van der Waals surface area (Å²) in [6, 6.07) is 0.378. The molecule has 37 heavy (non-hydrogen) atoms. The second-order valence-electron chi connectivity index (χ2n) is 8.21. The number of phenols is 1. The molecule has 0 aliphatic rings. The fourth-order valence-electron chi connectivity index (χ4n) is 3.06. The van der Waals surface area contributed by atoms with Gasteiger partial charge in [-0.3, -0.25) is 24.2 Å². The molecule has 15 heteroatoms. The van der Waals surface area contributed by atoms with Crippen molar-refractivity contribution >= 4 is 35.6 Å². The van der Waals surface area contributed by atoms with E-state index < -0.39 is 60.2 Å². The van der Waals surface area contributed by atoms with Gasteiger partial charge in [-0.2, -0.15) is 0 Å². The SMILES string of the molecule is CC(NC(=O)C(N)CCCN=C(N)N)C(=O)NC(CC(=O)O)C(=O)NC(Cc1ccc(O)cc1)C(=O)O. The second-order valence-corrected chi connectivity index (χ2v) is 8.21. The maximum absolute atomic E-state index is 12.7. The standard InChI is InChI=1S/C22H33N7O8/c1-11(27-19(34)14(23)3-2-8-26-22(24)25)18(33)28-15(10-17(31)32)20(35)29-16(21(36)37)9-12-4-6-13(30)7-5-12/h4-7,11,14-16,30H,2-3,8-10,23H2,1H3,(H,27,34)(H,28,33)(H,29,35)(H,31,32)(H,36,37)(H4,24,25,26).